The number of thiazole rings is 6. The van der Waals surface area contributed by atoms with Gasteiger partial charge in [0.15, 0.2) is 5.78 Å². The topological polar surface area (TPSA) is 424 Å². The summed E-state index contributed by atoms with van der Waals surface area (Å²) in [4.78, 5) is 165. The van der Waals surface area contributed by atoms with Gasteiger partial charge in [-0.15, -0.1) is 68.0 Å². The molecule has 2 saturated heterocycles. The number of aliphatic hydroxyl groups is 1. The van der Waals surface area contributed by atoms with E-state index in [0.29, 0.717) is 117 Å². The van der Waals surface area contributed by atoms with Crippen LogP contribution in [0.1, 0.15) is 143 Å². The van der Waals surface area contributed by atoms with E-state index in [0.717, 1.165) is 45.3 Å². The van der Waals surface area contributed by atoms with Crippen molar-refractivity contribution in [1.29, 1.82) is 0 Å². The third-order valence-electron chi connectivity index (χ3n) is 19.2. The molecule has 3 aliphatic heterocycles. The first-order valence-electron chi connectivity index (χ1n) is 34.7. The number of primary amides is 1. The number of aromatic hydroxyl groups is 1. The van der Waals surface area contributed by atoms with E-state index >= 15 is 4.79 Å². The summed E-state index contributed by atoms with van der Waals surface area (Å²) in [5.74, 6) is -8.24. The number of rotatable bonds is 19. The SMILES string of the molecule is Cc1sc2nc1C(=O)C[C@@H]([C@H](O)c1ccccc1)c1nc(cs1)C(=O)N[C@@H](Cc1ccc(O)cc1)C(=O)N1C[C@H](OC(=O)NCCN3CCOCC3)[C@H](C)[C@H]1c1nc(cs1)-c1nc(cs1)-c1nc(-c3nc(C(=O)N(CCOCC(=O)O)C4CCC(C(=O)O)CC4)cs3)ccc1-c1nc(cs1)C(=O)N[C@H]2CC(N)=O. The summed E-state index contributed by atoms with van der Waals surface area (Å²) in [5.41, 5.74) is 8.41. The van der Waals surface area contributed by atoms with Gasteiger partial charge >= 0.3 is 18.0 Å². The molecule has 10 bridgehead atoms. The Balaban J connectivity index is 0.889. The van der Waals surface area contributed by atoms with Crippen LogP contribution in [0.5, 0.6) is 5.75 Å². The minimum absolute atomic E-state index is 0.0111. The van der Waals surface area contributed by atoms with Gasteiger partial charge in [0.2, 0.25) is 11.8 Å². The Morgan fingerprint density at radius 1 is 0.731 bits per heavy atom. The van der Waals surface area contributed by atoms with Crippen molar-refractivity contribution in [2.45, 2.75) is 101 Å². The number of fused-ring (bicyclic) bond motifs is 16. The lowest BCUT2D eigenvalue weighted by Crippen LogP contribution is -2.50. The average Bonchev–Trinajstić information content (AvgIpc) is 1.62. The minimum atomic E-state index is -1.35. The Morgan fingerprint density at radius 3 is 2.14 bits per heavy atom. The second-order valence-corrected chi connectivity index (χ2v) is 32.0. The number of nitrogens with zero attached hydrogens (tertiary/aromatic N) is 10. The largest absolute Gasteiger partial charge is 0.508 e. The number of amides is 6. The number of benzene rings is 2. The lowest BCUT2D eigenvalue weighted by atomic mass is 9.85. The molecule has 1 aliphatic carbocycles. The van der Waals surface area contributed by atoms with Gasteiger partial charge in [0.25, 0.3) is 17.7 Å². The fourth-order valence-electron chi connectivity index (χ4n) is 13.6. The predicted octanol–water partition coefficient (Wildman–Crippen LogP) is 8.43. The highest BCUT2D eigenvalue weighted by atomic mass is 32.1. The molecule has 9 aromatic rings. The highest BCUT2D eigenvalue weighted by molar-refractivity contribution is 7.15. The fraction of sp³-hybridized carbons (Fsp3) is 0.389. The summed E-state index contributed by atoms with van der Waals surface area (Å²) in [6.07, 6.45) is -2.41. The van der Waals surface area contributed by atoms with E-state index < -0.39 is 114 Å². The summed E-state index contributed by atoms with van der Waals surface area (Å²) >= 11 is 6.79. The van der Waals surface area contributed by atoms with Crippen molar-refractivity contribution in [1.82, 2.24) is 65.5 Å². The molecule has 4 aliphatic rings. The Hall–Kier alpha value is -9.76. The van der Waals surface area contributed by atoms with Crippen molar-refractivity contribution >= 4 is 121 Å². The van der Waals surface area contributed by atoms with E-state index in [2.05, 4.69) is 20.9 Å². The average molecular weight is 1580 g/mol. The molecular weight excluding hydrogens is 1510 g/mol. The van der Waals surface area contributed by atoms with Gasteiger partial charge in [0.1, 0.15) is 89.4 Å². The minimum Gasteiger partial charge on any atom is -0.508 e. The summed E-state index contributed by atoms with van der Waals surface area (Å²) in [6, 6.07) is 14.4. The number of carboxylic acid groups (broad SMARTS) is 2. The van der Waals surface area contributed by atoms with Gasteiger partial charge in [0, 0.05) is 101 Å². The molecule has 564 valence electrons. The molecule has 0 radical (unpaired) electrons. The molecule has 108 heavy (non-hydrogen) atoms. The number of nitrogens with one attached hydrogen (secondary N) is 3. The van der Waals surface area contributed by atoms with Gasteiger partial charge in [-0.05, 0) is 68.0 Å². The van der Waals surface area contributed by atoms with E-state index in [1.54, 1.807) is 87.5 Å². The standard InChI is InChI=1S/C72H74N14O16S6/c1-36-54(102-72(99)74-18-19-84-20-23-100-24-21-84)29-86-59(36)68-81-51(34-107-68)66-78-48(31-105-66)58-43(16-17-45(75-58)65-82-52(35-106-65)70(96)85(22-25-101-30-56(90)91)41-12-10-40(11-13-41)71(97)98)63-79-49(32-103-63)61(93)76-46(28-55(73)89)67-83-57(37(2)108-67)53(88)27-44(60(92)39-6-4-3-5-7-39)64-80-50(33-104-64)62(94)77-47(69(86)95)26-38-8-14-42(87)15-9-38/h3-9,14-17,31-36,40-41,44,46-47,54,59-60,87,92H,10-13,18-30H2,1-2H3,(H2,73,89)(H,74,99)(H,76,93)(H,77,94)(H,90,91)(H,97,98)/t36-,40?,41?,44-,46-,47-,54-,59-,60+/m0/s1. The first-order valence-corrected chi connectivity index (χ1v) is 39.9. The molecule has 1 saturated carbocycles. The molecule has 7 aromatic heterocycles. The number of ketones is 1. The van der Waals surface area contributed by atoms with Crippen LogP contribution in [0.25, 0.3) is 43.4 Å². The van der Waals surface area contributed by atoms with Crippen LogP contribution in [0, 0.1) is 18.8 Å². The molecule has 2 aromatic carbocycles. The van der Waals surface area contributed by atoms with Gasteiger partial charge in [-0.25, -0.2) is 44.5 Å². The molecule has 0 spiro atoms. The van der Waals surface area contributed by atoms with Crippen molar-refractivity contribution in [3.63, 3.8) is 0 Å². The monoisotopic (exact) mass is 1580 g/mol. The summed E-state index contributed by atoms with van der Waals surface area (Å²) in [5, 5.41) is 60.3. The molecule has 13 rings (SSSR count). The third-order valence-corrected chi connectivity index (χ3v) is 24.8. The van der Waals surface area contributed by atoms with E-state index in [1.807, 2.05) is 6.92 Å². The first kappa shape index (κ1) is 76.4. The molecule has 36 heteroatoms. The number of aromatic nitrogens is 7. The lowest BCUT2D eigenvalue weighted by molar-refractivity contribution is -0.143. The van der Waals surface area contributed by atoms with E-state index in [9.17, 15) is 58.8 Å². The van der Waals surface area contributed by atoms with E-state index in [4.69, 9.17) is 54.8 Å². The van der Waals surface area contributed by atoms with E-state index in [1.165, 1.54) is 45.6 Å². The lowest BCUT2D eigenvalue weighted by Gasteiger charge is -2.35. The molecule has 9 N–H and O–H groups in total. The number of hydrogen-bond acceptors (Lipinski definition) is 28. The molecule has 7 atom stereocenters. The summed E-state index contributed by atoms with van der Waals surface area (Å²) < 4.78 is 17.1. The second-order valence-electron chi connectivity index (χ2n) is 26.4. The van der Waals surface area contributed by atoms with Crippen LogP contribution in [0.2, 0.25) is 0 Å². The number of carbonyl (C=O) groups is 9. The second kappa shape index (κ2) is 34.2. The van der Waals surface area contributed by atoms with Gasteiger partial charge < -0.3 is 66.1 Å². The Morgan fingerprint density at radius 2 is 1.40 bits per heavy atom. The van der Waals surface area contributed by atoms with Crippen LogP contribution in [0.15, 0.2) is 93.6 Å². The highest BCUT2D eigenvalue weighted by Crippen LogP contribution is 2.45. The molecule has 6 amide bonds. The molecule has 30 nitrogen and oxygen atoms in total. The van der Waals surface area contributed by atoms with Crippen LogP contribution >= 0.6 is 68.0 Å². The number of hydrogen-bond donors (Lipinski definition) is 8. The maximum Gasteiger partial charge on any atom is 0.407 e. The van der Waals surface area contributed by atoms with Crippen molar-refractivity contribution in [3.05, 3.63) is 147 Å². The third kappa shape index (κ3) is 17.8. The van der Waals surface area contributed by atoms with Gasteiger partial charge in [0.05, 0.1) is 67.6 Å². The summed E-state index contributed by atoms with van der Waals surface area (Å²) in [7, 11) is 0. The number of Topliss-reactive ketones (excluding diaryl/α,β-unsaturated/α-hetero) is 1. The zero-order valence-electron chi connectivity index (χ0n) is 58.1. The Labute approximate surface area is 641 Å². The number of nitrogens with two attached hydrogens (primary N) is 1. The summed E-state index contributed by atoms with van der Waals surface area (Å²) in [6.45, 7) is 6.07. The zero-order valence-corrected chi connectivity index (χ0v) is 63.0. The zero-order chi connectivity index (χ0) is 75.9. The predicted molar refractivity (Wildman–Crippen MR) is 400 cm³/mol. The number of phenolic OH excluding ortho intramolecular Hbond substituents is 1. The van der Waals surface area contributed by atoms with Crippen LogP contribution in [0.4, 0.5) is 4.79 Å². The van der Waals surface area contributed by atoms with E-state index in [-0.39, 0.29) is 89.4 Å². The number of aliphatic hydroxyl groups excluding tert-OH is 1. The smallest absolute Gasteiger partial charge is 0.407 e. The van der Waals surface area contributed by atoms with Crippen molar-refractivity contribution in [2.75, 3.05) is 65.7 Å². The quantitative estimate of drug-likeness (QED) is 0.0352. The van der Waals surface area contributed by atoms with Crippen LogP contribution in [-0.4, -0.2) is 207 Å². The molecule has 10 heterocycles. The molecule has 3 fully saturated rings. The number of morpholine rings is 1. The Kier molecular flexibility index (Phi) is 24.2. The van der Waals surface area contributed by atoms with Crippen LogP contribution in [-0.2, 0) is 39.8 Å². The normalized spacial score (nSPS) is 21.1. The molecular formula is C72H74N14O16S6. The number of ether oxygens (including phenoxy) is 3. The number of pyridine rings is 1. The van der Waals surface area contributed by atoms with Crippen molar-refractivity contribution in [3.8, 4) is 49.1 Å². The van der Waals surface area contributed by atoms with Gasteiger partial charge in [-0.2, -0.15) is 0 Å². The Bertz CT molecular complexity index is 4800. The number of aryl methyl sites for hydroxylation is 1. The number of carboxylic acids is 2. The number of alkyl carbamates (subject to hydrolysis) is 1. The maximum atomic E-state index is 15.8. The maximum absolute atomic E-state index is 15.8. The van der Waals surface area contributed by atoms with Gasteiger partial charge in [-0.3, -0.25) is 38.5 Å². The number of carbonyl (C=O) groups excluding carboxylic acids is 7. The highest BCUT2D eigenvalue weighted by Gasteiger charge is 2.48. The van der Waals surface area contributed by atoms with Crippen molar-refractivity contribution < 1.29 is 77.8 Å². The van der Waals surface area contributed by atoms with Gasteiger partial charge in [-0.1, -0.05) is 49.4 Å². The molecule has 0 unspecified atom stereocenters. The number of phenols is 1. The first-order chi connectivity index (χ1) is 52.1. The van der Waals surface area contributed by atoms with Crippen LogP contribution < -0.4 is 21.7 Å². The van der Waals surface area contributed by atoms with Crippen molar-refractivity contribution in [2.24, 2.45) is 17.6 Å². The van der Waals surface area contributed by atoms with Crippen LogP contribution in [0.3, 0.4) is 0 Å². The fourth-order valence-corrected chi connectivity index (χ4v) is 18.9. The number of aliphatic carboxylic acids is 2.